The SMILES string of the molecule is Cc1ncsc1CN1CCc2cnc(C3CCCCC3)nc2C1. The van der Waals surface area contributed by atoms with Gasteiger partial charge in [0.25, 0.3) is 0 Å². The Hall–Kier alpha value is -1.33. The minimum absolute atomic E-state index is 0.591. The average Bonchev–Trinajstić information content (AvgIpc) is 3.00. The monoisotopic (exact) mass is 328 g/mol. The van der Waals surface area contributed by atoms with E-state index in [1.165, 1.54) is 53.9 Å². The summed E-state index contributed by atoms with van der Waals surface area (Å²) in [7, 11) is 0. The van der Waals surface area contributed by atoms with Crippen LogP contribution < -0.4 is 0 Å². The summed E-state index contributed by atoms with van der Waals surface area (Å²) in [5, 5.41) is 0. The molecular weight excluding hydrogens is 304 g/mol. The molecule has 4 rings (SSSR count). The van der Waals surface area contributed by atoms with Crippen LogP contribution in [0.15, 0.2) is 11.7 Å². The number of hydrogen-bond acceptors (Lipinski definition) is 5. The van der Waals surface area contributed by atoms with E-state index in [0.29, 0.717) is 5.92 Å². The molecule has 1 aliphatic heterocycles. The van der Waals surface area contributed by atoms with Gasteiger partial charge in [0.05, 0.1) is 16.9 Å². The van der Waals surface area contributed by atoms with Crippen molar-refractivity contribution in [3.05, 3.63) is 39.4 Å². The van der Waals surface area contributed by atoms with E-state index in [1.54, 1.807) is 11.3 Å². The van der Waals surface area contributed by atoms with Crippen molar-refractivity contribution in [3.63, 3.8) is 0 Å². The van der Waals surface area contributed by atoms with Crippen LogP contribution in [0.25, 0.3) is 0 Å². The Labute approximate surface area is 142 Å². The molecule has 0 amide bonds. The molecule has 2 aliphatic rings. The minimum Gasteiger partial charge on any atom is -0.292 e. The summed E-state index contributed by atoms with van der Waals surface area (Å²) in [4.78, 5) is 17.9. The first kappa shape index (κ1) is 15.2. The third-order valence-corrected chi connectivity index (χ3v) is 6.15. The topological polar surface area (TPSA) is 41.9 Å². The average molecular weight is 328 g/mol. The molecule has 1 fully saturated rings. The zero-order valence-corrected chi connectivity index (χ0v) is 14.6. The molecule has 3 heterocycles. The Morgan fingerprint density at radius 1 is 1.22 bits per heavy atom. The number of aromatic nitrogens is 3. The van der Waals surface area contributed by atoms with Crippen LogP contribution in [0.4, 0.5) is 0 Å². The van der Waals surface area contributed by atoms with Crippen molar-refractivity contribution in [2.75, 3.05) is 6.54 Å². The van der Waals surface area contributed by atoms with Crippen molar-refractivity contribution < 1.29 is 0 Å². The van der Waals surface area contributed by atoms with Crippen molar-refractivity contribution in [2.24, 2.45) is 0 Å². The highest BCUT2D eigenvalue weighted by Gasteiger charge is 2.23. The molecule has 4 nitrogen and oxygen atoms in total. The molecule has 1 aliphatic carbocycles. The lowest BCUT2D eigenvalue weighted by Gasteiger charge is -2.28. The first-order chi connectivity index (χ1) is 11.3. The summed E-state index contributed by atoms with van der Waals surface area (Å²) >= 11 is 1.76. The molecule has 0 atom stereocenters. The highest BCUT2D eigenvalue weighted by molar-refractivity contribution is 7.09. The van der Waals surface area contributed by atoms with Gasteiger partial charge in [-0.2, -0.15) is 0 Å². The normalized spacial score (nSPS) is 19.7. The first-order valence-corrected chi connectivity index (χ1v) is 9.63. The van der Waals surface area contributed by atoms with E-state index in [4.69, 9.17) is 9.97 Å². The van der Waals surface area contributed by atoms with Gasteiger partial charge in [0.2, 0.25) is 0 Å². The van der Waals surface area contributed by atoms with Gasteiger partial charge in [-0.3, -0.25) is 4.90 Å². The number of fused-ring (bicyclic) bond motifs is 1. The standard InChI is InChI=1S/C18H24N4S/c1-13-17(23-12-20-13)11-22-8-7-15-9-19-18(21-16(15)10-22)14-5-3-2-4-6-14/h9,12,14H,2-8,10-11H2,1H3. The van der Waals surface area contributed by atoms with Gasteiger partial charge in [-0.05, 0) is 31.7 Å². The third kappa shape index (κ3) is 3.31. The van der Waals surface area contributed by atoms with Crippen LogP contribution >= 0.6 is 11.3 Å². The number of hydrogen-bond donors (Lipinski definition) is 0. The van der Waals surface area contributed by atoms with Gasteiger partial charge >= 0.3 is 0 Å². The Balaban J connectivity index is 1.50. The van der Waals surface area contributed by atoms with E-state index in [1.807, 2.05) is 5.51 Å². The van der Waals surface area contributed by atoms with Crippen molar-refractivity contribution in [1.29, 1.82) is 0 Å². The number of nitrogens with zero attached hydrogens (tertiary/aromatic N) is 4. The smallest absolute Gasteiger partial charge is 0.131 e. The Bertz CT molecular complexity index is 675. The fourth-order valence-electron chi connectivity index (χ4n) is 3.75. The summed E-state index contributed by atoms with van der Waals surface area (Å²) in [6, 6.07) is 0. The maximum absolute atomic E-state index is 4.97. The van der Waals surface area contributed by atoms with E-state index < -0.39 is 0 Å². The van der Waals surface area contributed by atoms with Gasteiger partial charge in [0.15, 0.2) is 0 Å². The molecule has 2 aromatic heterocycles. The second-order valence-corrected chi connectivity index (χ2v) is 7.80. The maximum atomic E-state index is 4.97. The first-order valence-electron chi connectivity index (χ1n) is 8.75. The summed E-state index contributed by atoms with van der Waals surface area (Å²) in [6.07, 6.45) is 9.75. The van der Waals surface area contributed by atoms with Gasteiger partial charge in [-0.25, -0.2) is 15.0 Å². The van der Waals surface area contributed by atoms with E-state index in [9.17, 15) is 0 Å². The second kappa shape index (κ2) is 6.65. The lowest BCUT2D eigenvalue weighted by Crippen LogP contribution is -2.31. The molecule has 0 aromatic carbocycles. The zero-order valence-electron chi connectivity index (χ0n) is 13.8. The number of thiazole rings is 1. The van der Waals surface area contributed by atoms with Crippen LogP contribution in [0.3, 0.4) is 0 Å². The molecule has 23 heavy (non-hydrogen) atoms. The Morgan fingerprint density at radius 3 is 2.87 bits per heavy atom. The van der Waals surface area contributed by atoms with Gasteiger partial charge in [0, 0.05) is 36.6 Å². The van der Waals surface area contributed by atoms with Crippen LogP contribution in [0.2, 0.25) is 0 Å². The van der Waals surface area contributed by atoms with Crippen molar-refractivity contribution >= 4 is 11.3 Å². The summed E-state index contributed by atoms with van der Waals surface area (Å²) < 4.78 is 0. The summed E-state index contributed by atoms with van der Waals surface area (Å²) in [6.45, 7) is 5.15. The lowest BCUT2D eigenvalue weighted by molar-refractivity contribution is 0.241. The van der Waals surface area contributed by atoms with E-state index in [0.717, 1.165) is 31.9 Å². The maximum Gasteiger partial charge on any atom is 0.131 e. The predicted molar refractivity (Wildman–Crippen MR) is 92.5 cm³/mol. The number of rotatable bonds is 3. The van der Waals surface area contributed by atoms with Crippen LogP contribution in [0.1, 0.15) is 65.7 Å². The van der Waals surface area contributed by atoms with Gasteiger partial charge < -0.3 is 0 Å². The van der Waals surface area contributed by atoms with Crippen LogP contribution in [-0.2, 0) is 19.5 Å². The molecule has 0 bridgehead atoms. The van der Waals surface area contributed by atoms with Crippen LogP contribution in [-0.4, -0.2) is 26.4 Å². The Kier molecular flexibility index (Phi) is 4.40. The molecule has 2 aromatic rings. The fourth-order valence-corrected chi connectivity index (χ4v) is 4.56. The van der Waals surface area contributed by atoms with Gasteiger partial charge in [-0.15, -0.1) is 11.3 Å². The fraction of sp³-hybridized carbons (Fsp3) is 0.611. The Morgan fingerprint density at radius 2 is 2.09 bits per heavy atom. The molecule has 0 saturated heterocycles. The van der Waals surface area contributed by atoms with Crippen LogP contribution in [0.5, 0.6) is 0 Å². The molecular formula is C18H24N4S. The zero-order chi connectivity index (χ0) is 15.6. The predicted octanol–water partition coefficient (Wildman–Crippen LogP) is 3.85. The molecule has 0 spiro atoms. The van der Waals surface area contributed by atoms with Gasteiger partial charge in [0.1, 0.15) is 5.82 Å². The molecule has 0 N–H and O–H groups in total. The summed E-state index contributed by atoms with van der Waals surface area (Å²) in [5.41, 5.74) is 5.73. The van der Waals surface area contributed by atoms with Crippen molar-refractivity contribution in [1.82, 2.24) is 19.9 Å². The lowest BCUT2D eigenvalue weighted by atomic mass is 9.88. The number of aryl methyl sites for hydroxylation is 1. The van der Waals surface area contributed by atoms with E-state index in [-0.39, 0.29) is 0 Å². The van der Waals surface area contributed by atoms with E-state index in [2.05, 4.69) is 23.0 Å². The second-order valence-electron chi connectivity index (χ2n) is 6.86. The largest absolute Gasteiger partial charge is 0.292 e. The molecule has 0 unspecified atom stereocenters. The quantitative estimate of drug-likeness (QED) is 0.858. The van der Waals surface area contributed by atoms with Crippen molar-refractivity contribution in [3.8, 4) is 0 Å². The van der Waals surface area contributed by atoms with Crippen molar-refractivity contribution in [2.45, 2.75) is 64.5 Å². The van der Waals surface area contributed by atoms with Gasteiger partial charge in [-0.1, -0.05) is 19.3 Å². The van der Waals surface area contributed by atoms with Crippen LogP contribution in [0, 0.1) is 6.92 Å². The highest BCUT2D eigenvalue weighted by Crippen LogP contribution is 2.31. The summed E-state index contributed by atoms with van der Waals surface area (Å²) in [5.74, 6) is 1.69. The molecule has 0 radical (unpaired) electrons. The molecule has 5 heteroatoms. The van der Waals surface area contributed by atoms with E-state index >= 15 is 0 Å². The minimum atomic E-state index is 0.591. The highest BCUT2D eigenvalue weighted by atomic mass is 32.1. The molecule has 122 valence electrons. The molecule has 1 saturated carbocycles. The third-order valence-electron chi connectivity index (χ3n) is 5.23.